The molecule has 1 unspecified atom stereocenters. The smallest absolute Gasteiger partial charge is 0.411 e. The summed E-state index contributed by atoms with van der Waals surface area (Å²) >= 11 is 0. The monoisotopic (exact) mass is 257 g/mol. The summed E-state index contributed by atoms with van der Waals surface area (Å²) in [5.41, 5.74) is -0.627. The van der Waals surface area contributed by atoms with E-state index in [1.165, 1.54) is 4.90 Å². The molecule has 0 saturated carbocycles. The topological polar surface area (TPSA) is 76.1 Å². The molecule has 2 aliphatic heterocycles. The molecule has 18 heavy (non-hydrogen) atoms. The number of likely N-dealkylation sites (tertiary alicyclic amines) is 1. The van der Waals surface area contributed by atoms with E-state index >= 15 is 0 Å². The molecular formula is C12H19NO5. The predicted octanol–water partition coefficient (Wildman–Crippen LogP) is 1.24. The summed E-state index contributed by atoms with van der Waals surface area (Å²) < 4.78 is 10.7. The van der Waals surface area contributed by atoms with E-state index in [0.29, 0.717) is 19.4 Å². The molecule has 0 bridgehead atoms. The van der Waals surface area contributed by atoms with E-state index in [1.807, 2.05) is 0 Å². The van der Waals surface area contributed by atoms with Crippen LogP contribution in [0.2, 0.25) is 0 Å². The Morgan fingerprint density at radius 2 is 2.06 bits per heavy atom. The highest BCUT2D eigenvalue weighted by Crippen LogP contribution is 2.34. The van der Waals surface area contributed by atoms with Gasteiger partial charge in [0.1, 0.15) is 11.6 Å². The third-order valence-corrected chi connectivity index (χ3v) is 3.21. The van der Waals surface area contributed by atoms with Gasteiger partial charge in [-0.15, -0.1) is 0 Å². The minimum absolute atomic E-state index is 0.166. The molecule has 0 aliphatic carbocycles. The van der Waals surface area contributed by atoms with Crippen molar-refractivity contribution in [3.05, 3.63) is 0 Å². The molecule has 0 radical (unpaired) electrons. The summed E-state index contributed by atoms with van der Waals surface area (Å²) in [5.74, 6) is -1.00. The van der Waals surface area contributed by atoms with E-state index < -0.39 is 23.7 Å². The fraction of sp³-hybridized carbons (Fsp3) is 0.833. The van der Waals surface area contributed by atoms with E-state index in [0.717, 1.165) is 0 Å². The minimum atomic E-state index is -1.00. The van der Waals surface area contributed by atoms with Crippen molar-refractivity contribution in [1.82, 2.24) is 4.90 Å². The summed E-state index contributed by atoms with van der Waals surface area (Å²) in [5, 5.41) is 9.18. The number of fused-ring (bicyclic) bond motifs is 1. The standard InChI is InChI=1S/C12H19NO5/c1-12(2,3)18-11(16)13-7-4-5-17-9(7)6-8(13)10(14)15/h7-9H,4-6H2,1-3H3,(H,14,15)/t7-,8?,9-/m1/s1. The Bertz CT molecular complexity index is 362. The quantitative estimate of drug-likeness (QED) is 0.764. The molecule has 102 valence electrons. The van der Waals surface area contributed by atoms with Crippen molar-refractivity contribution < 1.29 is 24.2 Å². The predicted molar refractivity (Wildman–Crippen MR) is 62.3 cm³/mol. The van der Waals surface area contributed by atoms with Gasteiger partial charge in [0.15, 0.2) is 0 Å². The zero-order valence-electron chi connectivity index (χ0n) is 10.9. The minimum Gasteiger partial charge on any atom is -0.480 e. The Labute approximate surface area is 106 Å². The molecule has 6 nitrogen and oxygen atoms in total. The second kappa shape index (κ2) is 4.42. The second-order valence-electron chi connectivity index (χ2n) is 5.74. The number of hydrogen-bond acceptors (Lipinski definition) is 4. The van der Waals surface area contributed by atoms with Gasteiger partial charge in [0.2, 0.25) is 0 Å². The number of carbonyl (C=O) groups excluding carboxylic acids is 1. The van der Waals surface area contributed by atoms with Crippen molar-refractivity contribution in [3.63, 3.8) is 0 Å². The SMILES string of the molecule is CC(C)(C)OC(=O)N1C(C(=O)O)C[C@H]2OCC[C@H]21. The van der Waals surface area contributed by atoms with E-state index in [4.69, 9.17) is 9.47 Å². The lowest BCUT2D eigenvalue weighted by molar-refractivity contribution is -0.142. The maximum Gasteiger partial charge on any atom is 0.411 e. The maximum atomic E-state index is 12.1. The van der Waals surface area contributed by atoms with Gasteiger partial charge in [0, 0.05) is 13.0 Å². The summed E-state index contributed by atoms with van der Waals surface area (Å²) in [6, 6.07) is -1.00. The number of rotatable bonds is 1. The van der Waals surface area contributed by atoms with Gasteiger partial charge in [0.25, 0.3) is 0 Å². The highest BCUT2D eigenvalue weighted by atomic mass is 16.6. The third kappa shape index (κ3) is 2.43. The molecule has 1 N–H and O–H groups in total. The first-order chi connectivity index (χ1) is 8.29. The van der Waals surface area contributed by atoms with E-state index in [1.54, 1.807) is 20.8 Å². The van der Waals surface area contributed by atoms with Crippen LogP contribution in [0.4, 0.5) is 4.79 Å². The summed E-state index contributed by atoms with van der Waals surface area (Å²) in [6.45, 7) is 5.86. The Balaban J connectivity index is 2.16. The average molecular weight is 257 g/mol. The highest BCUT2D eigenvalue weighted by molar-refractivity contribution is 5.81. The van der Waals surface area contributed by atoms with Gasteiger partial charge in [-0.1, -0.05) is 0 Å². The summed E-state index contributed by atoms with van der Waals surface area (Å²) in [4.78, 5) is 24.6. The van der Waals surface area contributed by atoms with Crippen LogP contribution < -0.4 is 0 Å². The number of ether oxygens (including phenoxy) is 2. The van der Waals surface area contributed by atoms with Gasteiger partial charge in [-0.05, 0) is 27.2 Å². The summed E-state index contributed by atoms with van der Waals surface area (Å²) in [6.07, 6.45) is 0.291. The molecule has 0 aromatic rings. The van der Waals surface area contributed by atoms with Crippen LogP contribution in [0, 0.1) is 0 Å². The van der Waals surface area contributed by atoms with E-state index in [-0.39, 0.29) is 12.1 Å². The number of hydrogen-bond donors (Lipinski definition) is 1. The lowest BCUT2D eigenvalue weighted by atomic mass is 10.1. The lowest BCUT2D eigenvalue weighted by Gasteiger charge is -2.30. The Morgan fingerprint density at radius 3 is 2.61 bits per heavy atom. The molecule has 2 saturated heterocycles. The number of carboxylic acids is 1. The van der Waals surface area contributed by atoms with Gasteiger partial charge < -0.3 is 14.6 Å². The zero-order valence-corrected chi connectivity index (χ0v) is 10.9. The van der Waals surface area contributed by atoms with Gasteiger partial charge in [-0.2, -0.15) is 0 Å². The fourth-order valence-corrected chi connectivity index (χ4v) is 2.54. The van der Waals surface area contributed by atoms with Gasteiger partial charge in [-0.3, -0.25) is 4.90 Å². The molecule has 0 aromatic carbocycles. The normalized spacial score (nSPS) is 31.3. The Kier molecular flexibility index (Phi) is 3.23. The number of aliphatic carboxylic acids is 1. The molecule has 0 spiro atoms. The largest absolute Gasteiger partial charge is 0.480 e. The molecule has 2 heterocycles. The van der Waals surface area contributed by atoms with Gasteiger partial charge in [-0.25, -0.2) is 9.59 Å². The highest BCUT2D eigenvalue weighted by Gasteiger charge is 2.51. The van der Waals surface area contributed by atoms with Crippen LogP contribution in [0.15, 0.2) is 0 Å². The van der Waals surface area contributed by atoms with Crippen LogP contribution in [0.25, 0.3) is 0 Å². The van der Waals surface area contributed by atoms with Gasteiger partial charge >= 0.3 is 12.1 Å². The fourth-order valence-electron chi connectivity index (χ4n) is 2.54. The number of carbonyl (C=O) groups is 2. The van der Waals surface area contributed by atoms with Crippen molar-refractivity contribution >= 4 is 12.1 Å². The summed E-state index contributed by atoms with van der Waals surface area (Å²) in [7, 11) is 0. The van der Waals surface area contributed by atoms with Crippen LogP contribution in [-0.2, 0) is 14.3 Å². The van der Waals surface area contributed by atoms with Crippen LogP contribution in [0.5, 0.6) is 0 Å². The molecule has 2 aliphatic rings. The lowest BCUT2D eigenvalue weighted by Crippen LogP contribution is -2.47. The first-order valence-corrected chi connectivity index (χ1v) is 6.15. The van der Waals surface area contributed by atoms with Crippen molar-refractivity contribution in [2.45, 2.75) is 57.4 Å². The van der Waals surface area contributed by atoms with Crippen LogP contribution >= 0.6 is 0 Å². The van der Waals surface area contributed by atoms with Crippen LogP contribution in [0.1, 0.15) is 33.6 Å². The molecule has 2 fully saturated rings. The van der Waals surface area contributed by atoms with Gasteiger partial charge in [0.05, 0.1) is 12.1 Å². The molecule has 1 amide bonds. The number of amides is 1. The molecule has 6 heteroatoms. The van der Waals surface area contributed by atoms with Crippen molar-refractivity contribution in [2.24, 2.45) is 0 Å². The molecule has 2 rings (SSSR count). The molecular weight excluding hydrogens is 238 g/mol. The molecule has 0 aromatic heterocycles. The van der Waals surface area contributed by atoms with Crippen molar-refractivity contribution in [2.75, 3.05) is 6.61 Å². The van der Waals surface area contributed by atoms with E-state index in [9.17, 15) is 14.7 Å². The van der Waals surface area contributed by atoms with Crippen molar-refractivity contribution in [1.29, 1.82) is 0 Å². The third-order valence-electron chi connectivity index (χ3n) is 3.21. The number of carboxylic acid groups (broad SMARTS) is 1. The van der Waals surface area contributed by atoms with Crippen LogP contribution in [-0.4, -0.2) is 52.5 Å². The Hall–Kier alpha value is -1.30. The Morgan fingerprint density at radius 1 is 1.39 bits per heavy atom. The van der Waals surface area contributed by atoms with E-state index in [2.05, 4.69) is 0 Å². The zero-order chi connectivity index (χ0) is 13.5. The van der Waals surface area contributed by atoms with Crippen molar-refractivity contribution in [3.8, 4) is 0 Å². The molecule has 3 atom stereocenters. The number of nitrogens with zero attached hydrogens (tertiary/aromatic N) is 1. The second-order valence-corrected chi connectivity index (χ2v) is 5.74. The average Bonchev–Trinajstić information content (AvgIpc) is 2.70. The van der Waals surface area contributed by atoms with Crippen LogP contribution in [0.3, 0.4) is 0 Å². The maximum absolute atomic E-state index is 12.1. The first kappa shape index (κ1) is 13.1. The first-order valence-electron chi connectivity index (χ1n) is 6.15.